The molecular formula is C20H21N3O2S. The molecule has 0 bridgehead atoms. The molecule has 0 aliphatic carbocycles. The van der Waals surface area contributed by atoms with Crippen molar-refractivity contribution < 1.29 is 9.53 Å². The van der Waals surface area contributed by atoms with Gasteiger partial charge in [0.1, 0.15) is 17.4 Å². The zero-order valence-corrected chi connectivity index (χ0v) is 15.8. The summed E-state index contributed by atoms with van der Waals surface area (Å²) in [4.78, 5) is 18.7. The number of aromatic nitrogens is 1. The Balaban J connectivity index is 1.57. The lowest BCUT2D eigenvalue weighted by Crippen LogP contribution is -2.12. The van der Waals surface area contributed by atoms with Gasteiger partial charge < -0.3 is 15.0 Å². The molecule has 1 amide bonds. The first kappa shape index (κ1) is 17.9. The lowest BCUT2D eigenvalue weighted by atomic mass is 10.2. The smallest absolute Gasteiger partial charge is 0.255 e. The molecule has 2 aromatic carbocycles. The van der Waals surface area contributed by atoms with Gasteiger partial charge in [0.2, 0.25) is 0 Å². The number of anilines is 2. The Kier molecular flexibility index (Phi) is 5.53. The molecule has 0 aliphatic rings. The van der Waals surface area contributed by atoms with Gasteiger partial charge in [-0.05, 0) is 55.5 Å². The highest BCUT2D eigenvalue weighted by Crippen LogP contribution is 2.19. The molecular weight excluding hydrogens is 346 g/mol. The van der Waals surface area contributed by atoms with Crippen LogP contribution in [0.3, 0.4) is 0 Å². The summed E-state index contributed by atoms with van der Waals surface area (Å²) in [6.07, 6.45) is 0. The minimum atomic E-state index is -0.148. The number of amides is 1. The zero-order chi connectivity index (χ0) is 18.5. The van der Waals surface area contributed by atoms with Crippen LogP contribution in [0.4, 0.5) is 11.4 Å². The van der Waals surface area contributed by atoms with Crippen LogP contribution in [0.5, 0.6) is 5.75 Å². The van der Waals surface area contributed by atoms with Crippen LogP contribution in [0.25, 0.3) is 0 Å². The number of thiazole rings is 1. The summed E-state index contributed by atoms with van der Waals surface area (Å²) in [5.74, 6) is 0.564. The van der Waals surface area contributed by atoms with Crippen LogP contribution >= 0.6 is 11.3 Å². The molecule has 3 rings (SSSR count). The van der Waals surface area contributed by atoms with Crippen molar-refractivity contribution in [1.82, 2.24) is 4.98 Å². The number of carbonyl (C=O) groups excluding carboxylic acids is 1. The number of nitrogens with zero attached hydrogens (tertiary/aromatic N) is 2. The van der Waals surface area contributed by atoms with E-state index >= 15 is 0 Å². The molecule has 1 heterocycles. The first-order valence-corrected chi connectivity index (χ1v) is 9.12. The van der Waals surface area contributed by atoms with Gasteiger partial charge in [0.25, 0.3) is 5.91 Å². The number of nitrogens with one attached hydrogen (secondary N) is 1. The van der Waals surface area contributed by atoms with Crippen LogP contribution in [-0.4, -0.2) is 25.0 Å². The fraction of sp³-hybridized carbons (Fsp3) is 0.200. The zero-order valence-electron chi connectivity index (χ0n) is 15.0. The van der Waals surface area contributed by atoms with Crippen LogP contribution in [0.15, 0.2) is 53.9 Å². The predicted molar refractivity (Wildman–Crippen MR) is 106 cm³/mol. The molecule has 0 atom stereocenters. The molecule has 0 aliphatic heterocycles. The Morgan fingerprint density at radius 2 is 1.81 bits per heavy atom. The van der Waals surface area contributed by atoms with Crippen LogP contribution < -0.4 is 15.0 Å². The van der Waals surface area contributed by atoms with Gasteiger partial charge in [-0.2, -0.15) is 0 Å². The lowest BCUT2D eigenvalue weighted by molar-refractivity contribution is 0.102. The maximum Gasteiger partial charge on any atom is 0.255 e. The summed E-state index contributed by atoms with van der Waals surface area (Å²) < 4.78 is 5.71. The number of ether oxygens (including phenoxy) is 1. The fourth-order valence-electron chi connectivity index (χ4n) is 2.36. The van der Waals surface area contributed by atoms with Crippen molar-refractivity contribution in [3.8, 4) is 5.75 Å². The summed E-state index contributed by atoms with van der Waals surface area (Å²) >= 11 is 1.58. The quantitative estimate of drug-likeness (QED) is 0.704. The van der Waals surface area contributed by atoms with Gasteiger partial charge in [-0.3, -0.25) is 4.79 Å². The second-order valence-electron chi connectivity index (χ2n) is 6.09. The van der Waals surface area contributed by atoms with Crippen LogP contribution in [0.1, 0.15) is 21.1 Å². The van der Waals surface area contributed by atoms with E-state index in [0.29, 0.717) is 17.9 Å². The first-order chi connectivity index (χ1) is 12.5. The van der Waals surface area contributed by atoms with Gasteiger partial charge in [0.05, 0.1) is 0 Å². The van der Waals surface area contributed by atoms with E-state index in [1.807, 2.05) is 55.6 Å². The second kappa shape index (κ2) is 8.01. The Bertz CT molecular complexity index is 871. The lowest BCUT2D eigenvalue weighted by Gasteiger charge is -2.13. The van der Waals surface area contributed by atoms with E-state index in [-0.39, 0.29) is 5.91 Å². The molecule has 0 saturated carbocycles. The standard InChI is InChI=1S/C20H21N3O2S/c1-14-13-26-19(21-14)12-25-18-10-4-15(5-11-18)20(24)22-16-6-8-17(9-7-16)23(2)3/h4-11,13H,12H2,1-3H3,(H,22,24). The van der Waals surface area contributed by atoms with E-state index in [0.717, 1.165) is 22.1 Å². The van der Waals surface area contributed by atoms with Crippen molar-refractivity contribution in [3.05, 3.63) is 70.2 Å². The van der Waals surface area contributed by atoms with Gasteiger partial charge in [0.15, 0.2) is 0 Å². The van der Waals surface area contributed by atoms with Gasteiger partial charge in [-0.1, -0.05) is 0 Å². The Morgan fingerprint density at radius 1 is 1.12 bits per heavy atom. The minimum absolute atomic E-state index is 0.148. The average Bonchev–Trinajstić information content (AvgIpc) is 3.06. The molecule has 0 saturated heterocycles. The van der Waals surface area contributed by atoms with E-state index in [1.165, 1.54) is 0 Å². The van der Waals surface area contributed by atoms with E-state index in [9.17, 15) is 4.79 Å². The monoisotopic (exact) mass is 367 g/mol. The summed E-state index contributed by atoms with van der Waals surface area (Å²) in [6.45, 7) is 2.39. The van der Waals surface area contributed by atoms with E-state index in [4.69, 9.17) is 4.74 Å². The molecule has 26 heavy (non-hydrogen) atoms. The number of benzene rings is 2. The molecule has 0 fully saturated rings. The van der Waals surface area contributed by atoms with E-state index in [1.54, 1.807) is 35.6 Å². The molecule has 0 unspecified atom stereocenters. The molecule has 134 valence electrons. The number of hydrogen-bond acceptors (Lipinski definition) is 5. The average molecular weight is 367 g/mol. The number of hydrogen-bond donors (Lipinski definition) is 1. The second-order valence-corrected chi connectivity index (χ2v) is 7.03. The molecule has 3 aromatic rings. The summed E-state index contributed by atoms with van der Waals surface area (Å²) in [6, 6.07) is 14.8. The maximum absolute atomic E-state index is 12.4. The fourth-order valence-corrected chi connectivity index (χ4v) is 3.05. The van der Waals surface area contributed by atoms with E-state index < -0.39 is 0 Å². The predicted octanol–water partition coefficient (Wildman–Crippen LogP) is 4.35. The molecule has 1 aromatic heterocycles. The van der Waals surface area contributed by atoms with Gasteiger partial charge in [-0.25, -0.2) is 4.98 Å². The number of carbonyl (C=O) groups is 1. The van der Waals surface area contributed by atoms with Crippen molar-refractivity contribution in [2.24, 2.45) is 0 Å². The minimum Gasteiger partial charge on any atom is -0.486 e. The van der Waals surface area contributed by atoms with Gasteiger partial charge in [-0.15, -0.1) is 11.3 Å². The Hall–Kier alpha value is -2.86. The highest BCUT2D eigenvalue weighted by molar-refractivity contribution is 7.09. The summed E-state index contributed by atoms with van der Waals surface area (Å²) in [5, 5.41) is 5.83. The first-order valence-electron chi connectivity index (χ1n) is 8.24. The van der Waals surface area contributed by atoms with Crippen LogP contribution in [0.2, 0.25) is 0 Å². The van der Waals surface area contributed by atoms with Crippen molar-refractivity contribution >= 4 is 28.6 Å². The molecule has 6 heteroatoms. The van der Waals surface area contributed by atoms with Crippen LogP contribution in [-0.2, 0) is 6.61 Å². The molecule has 0 radical (unpaired) electrons. The third-order valence-electron chi connectivity index (χ3n) is 3.79. The molecule has 0 spiro atoms. The SMILES string of the molecule is Cc1csc(COc2ccc(C(=O)Nc3ccc(N(C)C)cc3)cc2)n1. The molecule has 5 nitrogen and oxygen atoms in total. The van der Waals surface area contributed by atoms with Gasteiger partial charge >= 0.3 is 0 Å². The van der Waals surface area contributed by atoms with Crippen molar-refractivity contribution in [2.75, 3.05) is 24.3 Å². The summed E-state index contributed by atoms with van der Waals surface area (Å²) in [5.41, 5.74) is 3.43. The van der Waals surface area contributed by atoms with E-state index in [2.05, 4.69) is 10.3 Å². The third-order valence-corrected chi connectivity index (χ3v) is 4.73. The van der Waals surface area contributed by atoms with Gasteiger partial charge in [0, 0.05) is 42.1 Å². The summed E-state index contributed by atoms with van der Waals surface area (Å²) in [7, 11) is 3.96. The van der Waals surface area contributed by atoms with Crippen molar-refractivity contribution in [1.29, 1.82) is 0 Å². The number of rotatable bonds is 6. The Labute approximate surface area is 157 Å². The third kappa shape index (κ3) is 4.61. The molecule has 1 N–H and O–H groups in total. The Morgan fingerprint density at radius 3 is 2.38 bits per heavy atom. The topological polar surface area (TPSA) is 54.5 Å². The maximum atomic E-state index is 12.4. The number of aryl methyl sites for hydroxylation is 1. The largest absolute Gasteiger partial charge is 0.486 e. The normalized spacial score (nSPS) is 10.4. The highest BCUT2D eigenvalue weighted by atomic mass is 32.1. The van der Waals surface area contributed by atoms with Crippen molar-refractivity contribution in [2.45, 2.75) is 13.5 Å². The highest BCUT2D eigenvalue weighted by Gasteiger charge is 2.07. The van der Waals surface area contributed by atoms with Crippen LogP contribution in [0, 0.1) is 6.92 Å². The van der Waals surface area contributed by atoms with Crippen molar-refractivity contribution in [3.63, 3.8) is 0 Å².